The Bertz CT molecular complexity index is 1120. The average molecular weight is 483 g/mol. The van der Waals surface area contributed by atoms with E-state index in [0.29, 0.717) is 16.5 Å². The predicted molar refractivity (Wildman–Crippen MR) is 120 cm³/mol. The number of aromatic nitrogens is 1. The van der Waals surface area contributed by atoms with Crippen molar-refractivity contribution in [3.8, 4) is 5.75 Å². The summed E-state index contributed by atoms with van der Waals surface area (Å²) in [7, 11) is -2.67. The molecule has 1 fully saturated rings. The standard InChI is InChI=1S/C20H26N4O6S2/c1-13(2)11-18-21-14(3)19(31-18)20(25)22-7-9-23(10-8-22)32(28,29)15-5-6-17(30-4)16(12-15)24(26)27/h5-6,12-13H,7-11H2,1-4H3. The zero-order valence-corrected chi connectivity index (χ0v) is 20.0. The largest absolute Gasteiger partial charge is 0.490 e. The maximum atomic E-state index is 13.0. The van der Waals surface area contributed by atoms with Crippen molar-refractivity contribution in [3.63, 3.8) is 0 Å². The van der Waals surface area contributed by atoms with Gasteiger partial charge in [0.1, 0.15) is 4.88 Å². The third-order valence-corrected chi connectivity index (χ3v) is 8.19. The van der Waals surface area contributed by atoms with Crippen LogP contribution in [0.5, 0.6) is 5.75 Å². The predicted octanol–water partition coefficient (Wildman–Crippen LogP) is 2.71. The van der Waals surface area contributed by atoms with Gasteiger partial charge in [0.2, 0.25) is 10.0 Å². The number of amides is 1. The van der Waals surface area contributed by atoms with E-state index in [9.17, 15) is 23.3 Å². The quantitative estimate of drug-likeness (QED) is 0.439. The lowest BCUT2D eigenvalue weighted by atomic mass is 10.1. The topological polar surface area (TPSA) is 123 Å². The average Bonchev–Trinajstić information content (AvgIpc) is 3.11. The van der Waals surface area contributed by atoms with Crippen LogP contribution in [0.25, 0.3) is 0 Å². The third-order valence-electron chi connectivity index (χ3n) is 5.13. The van der Waals surface area contributed by atoms with Crippen LogP contribution in [0.3, 0.4) is 0 Å². The first-order valence-corrected chi connectivity index (χ1v) is 12.4. The maximum Gasteiger partial charge on any atom is 0.312 e. The van der Waals surface area contributed by atoms with Crippen LogP contribution >= 0.6 is 11.3 Å². The van der Waals surface area contributed by atoms with E-state index < -0.39 is 20.6 Å². The van der Waals surface area contributed by atoms with Gasteiger partial charge in [0, 0.05) is 38.7 Å². The second-order valence-corrected chi connectivity index (χ2v) is 10.9. The molecule has 32 heavy (non-hydrogen) atoms. The molecular formula is C20H26N4O6S2. The molecule has 0 saturated carbocycles. The zero-order chi connectivity index (χ0) is 23.6. The first-order chi connectivity index (χ1) is 15.0. The minimum Gasteiger partial charge on any atom is -0.490 e. The van der Waals surface area contributed by atoms with Crippen LogP contribution in [-0.4, -0.2) is 66.7 Å². The lowest BCUT2D eigenvalue weighted by Gasteiger charge is -2.33. The molecule has 10 nitrogen and oxygen atoms in total. The highest BCUT2D eigenvalue weighted by molar-refractivity contribution is 7.89. The molecule has 2 heterocycles. The van der Waals surface area contributed by atoms with Crippen LogP contribution in [0.1, 0.15) is 34.2 Å². The van der Waals surface area contributed by atoms with Gasteiger partial charge in [-0.3, -0.25) is 14.9 Å². The van der Waals surface area contributed by atoms with E-state index in [1.807, 2.05) is 6.92 Å². The number of carbonyl (C=O) groups is 1. The molecule has 2 aromatic rings. The first kappa shape index (κ1) is 24.1. The van der Waals surface area contributed by atoms with E-state index in [1.54, 1.807) is 4.90 Å². The molecule has 0 N–H and O–H groups in total. The molecule has 0 radical (unpaired) electrons. The summed E-state index contributed by atoms with van der Waals surface area (Å²) in [6, 6.07) is 3.56. The second-order valence-electron chi connectivity index (χ2n) is 7.91. The highest BCUT2D eigenvalue weighted by atomic mass is 32.2. The summed E-state index contributed by atoms with van der Waals surface area (Å²) in [6.45, 7) is 6.66. The fourth-order valence-corrected chi connectivity index (χ4v) is 6.17. The molecule has 1 amide bonds. The van der Waals surface area contributed by atoms with Gasteiger partial charge in [-0.05, 0) is 25.0 Å². The highest BCUT2D eigenvalue weighted by Crippen LogP contribution is 2.31. The van der Waals surface area contributed by atoms with Crippen LogP contribution in [0.15, 0.2) is 23.1 Å². The molecule has 1 aromatic heterocycles. The van der Waals surface area contributed by atoms with Crippen molar-refractivity contribution < 1.29 is 22.9 Å². The van der Waals surface area contributed by atoms with Gasteiger partial charge < -0.3 is 9.64 Å². The Hall–Kier alpha value is -2.57. The summed E-state index contributed by atoms with van der Waals surface area (Å²) in [6.07, 6.45) is 0.804. The maximum absolute atomic E-state index is 13.0. The molecule has 174 valence electrons. The summed E-state index contributed by atoms with van der Waals surface area (Å²) in [5, 5.41) is 12.2. The molecule has 1 aliphatic heterocycles. The van der Waals surface area contributed by atoms with Crippen molar-refractivity contribution in [2.45, 2.75) is 32.1 Å². The first-order valence-electron chi connectivity index (χ1n) is 10.1. The number of hydrogen-bond acceptors (Lipinski definition) is 8. The highest BCUT2D eigenvalue weighted by Gasteiger charge is 2.33. The third kappa shape index (κ3) is 4.92. The number of nitrogens with zero attached hydrogens (tertiary/aromatic N) is 4. The van der Waals surface area contributed by atoms with Crippen molar-refractivity contribution in [2.24, 2.45) is 5.92 Å². The van der Waals surface area contributed by atoms with Gasteiger partial charge in [-0.2, -0.15) is 4.31 Å². The van der Waals surface area contributed by atoms with E-state index >= 15 is 0 Å². The van der Waals surface area contributed by atoms with E-state index in [2.05, 4.69) is 18.8 Å². The minimum absolute atomic E-state index is 0.0128. The van der Waals surface area contributed by atoms with Crippen LogP contribution in [0.4, 0.5) is 5.69 Å². The number of nitro groups is 1. The Kier molecular flexibility index (Phi) is 7.16. The summed E-state index contributed by atoms with van der Waals surface area (Å²) < 4.78 is 32.2. The Labute approximate surface area is 191 Å². The van der Waals surface area contributed by atoms with Gasteiger partial charge in [-0.1, -0.05) is 13.8 Å². The van der Waals surface area contributed by atoms with Crippen LogP contribution in [0.2, 0.25) is 0 Å². The number of carbonyl (C=O) groups excluding carboxylic acids is 1. The van der Waals surface area contributed by atoms with Crippen LogP contribution < -0.4 is 4.74 Å². The van der Waals surface area contributed by atoms with Gasteiger partial charge in [0.15, 0.2) is 5.75 Å². The van der Waals surface area contributed by atoms with E-state index in [1.165, 1.54) is 34.9 Å². The molecule has 1 aliphatic rings. The summed E-state index contributed by atoms with van der Waals surface area (Å²) in [4.78, 5) is 30.1. The number of thiazole rings is 1. The second kappa shape index (κ2) is 9.51. The van der Waals surface area contributed by atoms with Gasteiger partial charge in [0.05, 0.1) is 27.6 Å². The van der Waals surface area contributed by atoms with E-state index in [0.717, 1.165) is 17.5 Å². The van der Waals surface area contributed by atoms with Crippen molar-refractivity contribution >= 4 is 33.0 Å². The van der Waals surface area contributed by atoms with Gasteiger partial charge >= 0.3 is 5.69 Å². The number of methoxy groups -OCH3 is 1. The fourth-order valence-electron chi connectivity index (χ4n) is 3.48. The van der Waals surface area contributed by atoms with Gasteiger partial charge in [-0.25, -0.2) is 13.4 Å². The Morgan fingerprint density at radius 3 is 2.50 bits per heavy atom. The number of piperazine rings is 1. The number of sulfonamides is 1. The Morgan fingerprint density at radius 1 is 1.28 bits per heavy atom. The molecule has 0 aliphatic carbocycles. The molecule has 3 rings (SSSR count). The zero-order valence-electron chi connectivity index (χ0n) is 18.4. The molecule has 0 atom stereocenters. The van der Waals surface area contributed by atoms with E-state index in [4.69, 9.17) is 4.74 Å². The SMILES string of the molecule is COc1ccc(S(=O)(=O)N2CCN(C(=O)c3sc(CC(C)C)nc3C)CC2)cc1[N+](=O)[O-]. The molecule has 0 bridgehead atoms. The number of aryl methyl sites for hydroxylation is 1. The fraction of sp³-hybridized carbons (Fsp3) is 0.500. The summed E-state index contributed by atoms with van der Waals surface area (Å²) >= 11 is 1.39. The Morgan fingerprint density at radius 2 is 1.94 bits per heavy atom. The van der Waals surface area contributed by atoms with Crippen molar-refractivity contribution in [2.75, 3.05) is 33.3 Å². The molecular weight excluding hydrogens is 456 g/mol. The van der Waals surface area contributed by atoms with E-state index in [-0.39, 0.29) is 42.7 Å². The molecule has 0 spiro atoms. The summed E-state index contributed by atoms with van der Waals surface area (Å²) in [5.74, 6) is 0.277. The van der Waals surface area contributed by atoms with Crippen LogP contribution in [-0.2, 0) is 16.4 Å². The number of rotatable bonds is 7. The lowest BCUT2D eigenvalue weighted by molar-refractivity contribution is -0.386. The number of benzene rings is 1. The van der Waals surface area contributed by atoms with Crippen LogP contribution in [0, 0.1) is 23.0 Å². The number of ether oxygens (including phenoxy) is 1. The minimum atomic E-state index is -3.95. The number of nitro benzene ring substituents is 1. The number of hydrogen-bond donors (Lipinski definition) is 0. The molecule has 1 saturated heterocycles. The van der Waals surface area contributed by atoms with Crippen molar-refractivity contribution in [1.82, 2.24) is 14.2 Å². The molecule has 1 aromatic carbocycles. The van der Waals surface area contributed by atoms with Crippen molar-refractivity contribution in [1.29, 1.82) is 0 Å². The smallest absolute Gasteiger partial charge is 0.312 e. The molecule has 12 heteroatoms. The van der Waals surface area contributed by atoms with Gasteiger partial charge in [0.25, 0.3) is 5.91 Å². The molecule has 0 unspecified atom stereocenters. The normalized spacial score (nSPS) is 15.2. The Balaban J connectivity index is 1.73. The van der Waals surface area contributed by atoms with Crippen molar-refractivity contribution in [3.05, 3.63) is 43.9 Å². The lowest BCUT2D eigenvalue weighted by Crippen LogP contribution is -2.50. The monoisotopic (exact) mass is 482 g/mol. The van der Waals surface area contributed by atoms with Gasteiger partial charge in [-0.15, -0.1) is 11.3 Å². The summed E-state index contributed by atoms with van der Waals surface area (Å²) in [5.41, 5.74) is 0.275.